The molecule has 2 heterocycles. The van der Waals surface area contributed by atoms with E-state index in [9.17, 15) is 22.8 Å². The van der Waals surface area contributed by atoms with Crippen molar-refractivity contribution in [3.8, 4) is 0 Å². The van der Waals surface area contributed by atoms with E-state index >= 15 is 0 Å². The number of aromatic amines is 1. The molecule has 1 aliphatic heterocycles. The molecule has 9 heteroatoms. The SMILES string of the molecule is Cc1n[nH]c(C)c1CC(=O)N1CCC(c2ccc(NC(=O)/C=C/c3cccc(C(F)(F)F)c3)cc2)CC1. The number of carbonyl (C=O) groups excluding carboxylic acids is 2. The molecule has 6 nitrogen and oxygen atoms in total. The van der Waals surface area contributed by atoms with Gasteiger partial charge >= 0.3 is 6.18 Å². The maximum Gasteiger partial charge on any atom is 0.416 e. The molecule has 1 fully saturated rings. The summed E-state index contributed by atoms with van der Waals surface area (Å²) < 4.78 is 38.5. The minimum absolute atomic E-state index is 0.113. The first-order valence-electron chi connectivity index (χ1n) is 12.1. The van der Waals surface area contributed by atoms with Crippen LogP contribution in [-0.4, -0.2) is 40.0 Å². The first-order chi connectivity index (χ1) is 17.6. The van der Waals surface area contributed by atoms with Gasteiger partial charge in [0.15, 0.2) is 0 Å². The van der Waals surface area contributed by atoms with Crippen molar-refractivity contribution in [2.24, 2.45) is 0 Å². The molecule has 1 aromatic heterocycles. The fraction of sp³-hybridized carbons (Fsp3) is 0.321. The number of H-pyrrole nitrogens is 1. The second-order valence-corrected chi connectivity index (χ2v) is 9.31. The molecule has 0 atom stereocenters. The van der Waals surface area contributed by atoms with E-state index < -0.39 is 17.6 Å². The minimum atomic E-state index is -4.43. The summed E-state index contributed by atoms with van der Waals surface area (Å²) >= 11 is 0. The van der Waals surface area contributed by atoms with Gasteiger partial charge in [-0.2, -0.15) is 18.3 Å². The van der Waals surface area contributed by atoms with Gasteiger partial charge in [0.05, 0.1) is 17.7 Å². The van der Waals surface area contributed by atoms with Gasteiger partial charge in [-0.05, 0) is 74.1 Å². The van der Waals surface area contributed by atoms with E-state index in [1.807, 2.05) is 43.0 Å². The summed E-state index contributed by atoms with van der Waals surface area (Å²) in [5.74, 6) is 0.00869. The second-order valence-electron chi connectivity index (χ2n) is 9.31. The molecule has 0 spiro atoms. The number of nitrogens with one attached hydrogen (secondary N) is 2. The highest BCUT2D eigenvalue weighted by molar-refractivity contribution is 6.01. The van der Waals surface area contributed by atoms with Gasteiger partial charge in [0.2, 0.25) is 11.8 Å². The normalized spacial score (nSPS) is 14.8. The number of amides is 2. The molecule has 1 aliphatic rings. The average Bonchev–Trinajstić information content (AvgIpc) is 3.20. The van der Waals surface area contributed by atoms with Crippen LogP contribution in [0.2, 0.25) is 0 Å². The standard InChI is InChI=1S/C28H29F3N4O2/c1-18-25(19(2)34-33-18)17-27(37)35-14-12-22(13-15-35)21-7-9-24(10-8-21)32-26(36)11-6-20-4-3-5-23(16-20)28(29,30)31/h3-11,16,22H,12-15,17H2,1-2H3,(H,32,36)(H,33,34)/b11-6+. The van der Waals surface area contributed by atoms with Crippen molar-refractivity contribution in [2.75, 3.05) is 18.4 Å². The Labute approximate surface area is 213 Å². The fourth-order valence-corrected chi connectivity index (χ4v) is 4.57. The summed E-state index contributed by atoms with van der Waals surface area (Å²) in [4.78, 5) is 26.9. The van der Waals surface area contributed by atoms with Crippen molar-refractivity contribution in [2.45, 2.75) is 45.2 Å². The predicted molar refractivity (Wildman–Crippen MR) is 136 cm³/mol. The molecule has 0 unspecified atom stereocenters. The predicted octanol–water partition coefficient (Wildman–Crippen LogP) is 5.65. The first-order valence-corrected chi connectivity index (χ1v) is 12.1. The zero-order valence-corrected chi connectivity index (χ0v) is 20.7. The summed E-state index contributed by atoms with van der Waals surface area (Å²) in [7, 11) is 0. The number of rotatable bonds is 6. The fourth-order valence-electron chi connectivity index (χ4n) is 4.57. The number of anilines is 1. The van der Waals surface area contributed by atoms with Crippen molar-refractivity contribution >= 4 is 23.6 Å². The van der Waals surface area contributed by atoms with Gasteiger partial charge in [0.25, 0.3) is 0 Å². The van der Waals surface area contributed by atoms with Gasteiger partial charge < -0.3 is 10.2 Å². The number of nitrogens with zero attached hydrogens (tertiary/aromatic N) is 2. The summed E-state index contributed by atoms with van der Waals surface area (Å²) in [6.45, 7) is 5.21. The lowest BCUT2D eigenvalue weighted by Gasteiger charge is -2.32. The van der Waals surface area contributed by atoms with E-state index in [1.54, 1.807) is 0 Å². The van der Waals surface area contributed by atoms with Crippen LogP contribution in [0.4, 0.5) is 18.9 Å². The molecule has 0 radical (unpaired) electrons. The lowest BCUT2D eigenvalue weighted by Crippen LogP contribution is -2.38. The topological polar surface area (TPSA) is 78.1 Å². The van der Waals surface area contributed by atoms with Crippen molar-refractivity contribution in [1.82, 2.24) is 15.1 Å². The summed E-state index contributed by atoms with van der Waals surface area (Å²) in [6.07, 6.45) is 0.209. The van der Waals surface area contributed by atoms with Gasteiger partial charge in [0.1, 0.15) is 0 Å². The van der Waals surface area contributed by atoms with Crippen LogP contribution in [0.5, 0.6) is 0 Å². The highest BCUT2D eigenvalue weighted by atomic mass is 19.4. The Kier molecular flexibility index (Phi) is 7.80. The van der Waals surface area contributed by atoms with E-state index in [0.29, 0.717) is 36.7 Å². The van der Waals surface area contributed by atoms with Crippen LogP contribution in [0.1, 0.15) is 52.4 Å². The third kappa shape index (κ3) is 6.67. The van der Waals surface area contributed by atoms with Crippen LogP contribution in [0.3, 0.4) is 0 Å². The van der Waals surface area contributed by atoms with Gasteiger partial charge in [-0.25, -0.2) is 0 Å². The smallest absolute Gasteiger partial charge is 0.342 e. The van der Waals surface area contributed by atoms with Crippen LogP contribution >= 0.6 is 0 Å². The first kappa shape index (κ1) is 26.2. The molecule has 4 rings (SSSR count). The van der Waals surface area contributed by atoms with Gasteiger partial charge in [-0.3, -0.25) is 14.7 Å². The van der Waals surface area contributed by atoms with E-state index in [-0.39, 0.29) is 5.91 Å². The summed E-state index contributed by atoms with van der Waals surface area (Å²) in [6, 6.07) is 12.4. The Morgan fingerprint density at radius 3 is 2.43 bits per heavy atom. The van der Waals surface area contributed by atoms with Gasteiger partial charge in [0, 0.05) is 36.1 Å². The molecule has 0 aliphatic carbocycles. The number of halogens is 3. The lowest BCUT2D eigenvalue weighted by atomic mass is 9.89. The number of benzene rings is 2. The van der Waals surface area contributed by atoms with Crippen molar-refractivity contribution in [3.05, 3.63) is 88.2 Å². The molecule has 2 N–H and O–H groups in total. The lowest BCUT2D eigenvalue weighted by molar-refractivity contribution is -0.137. The summed E-state index contributed by atoms with van der Waals surface area (Å²) in [5, 5.41) is 9.82. The Balaban J connectivity index is 1.28. The summed E-state index contributed by atoms with van der Waals surface area (Å²) in [5.41, 5.74) is 4.03. The van der Waals surface area contributed by atoms with Crippen LogP contribution in [0, 0.1) is 13.8 Å². The number of aryl methyl sites for hydroxylation is 2. The monoisotopic (exact) mass is 510 g/mol. The number of hydrogen-bond acceptors (Lipinski definition) is 3. The molecule has 2 aromatic carbocycles. The molecule has 1 saturated heterocycles. The largest absolute Gasteiger partial charge is 0.416 e. The zero-order chi connectivity index (χ0) is 26.6. The van der Waals surface area contributed by atoms with E-state index in [0.717, 1.165) is 47.5 Å². The highest BCUT2D eigenvalue weighted by Gasteiger charge is 2.30. The molecular formula is C28H29F3N4O2. The Morgan fingerprint density at radius 2 is 1.81 bits per heavy atom. The number of hydrogen-bond donors (Lipinski definition) is 2. The van der Waals surface area contributed by atoms with E-state index in [2.05, 4.69) is 15.5 Å². The maximum atomic E-state index is 12.8. The second kappa shape index (κ2) is 11.0. The molecule has 0 bridgehead atoms. The maximum absolute atomic E-state index is 12.8. The highest BCUT2D eigenvalue weighted by Crippen LogP contribution is 2.30. The van der Waals surface area contributed by atoms with Crippen LogP contribution < -0.4 is 5.32 Å². The van der Waals surface area contributed by atoms with Gasteiger partial charge in [-0.1, -0.05) is 24.3 Å². The third-order valence-corrected chi connectivity index (χ3v) is 6.75. The van der Waals surface area contributed by atoms with Gasteiger partial charge in [-0.15, -0.1) is 0 Å². The van der Waals surface area contributed by atoms with Crippen molar-refractivity contribution in [3.63, 3.8) is 0 Å². The molecule has 194 valence electrons. The number of likely N-dealkylation sites (tertiary alicyclic amines) is 1. The van der Waals surface area contributed by atoms with E-state index in [1.165, 1.54) is 24.3 Å². The Bertz CT molecular complexity index is 1270. The minimum Gasteiger partial charge on any atom is -0.342 e. The Morgan fingerprint density at radius 1 is 1.11 bits per heavy atom. The average molecular weight is 511 g/mol. The molecular weight excluding hydrogens is 481 g/mol. The number of carbonyl (C=O) groups is 2. The van der Waals surface area contributed by atoms with E-state index in [4.69, 9.17) is 0 Å². The molecule has 37 heavy (non-hydrogen) atoms. The quantitative estimate of drug-likeness (QED) is 0.421. The number of alkyl halides is 3. The zero-order valence-electron chi connectivity index (χ0n) is 20.7. The molecule has 3 aromatic rings. The van der Waals surface area contributed by atoms with Crippen molar-refractivity contribution in [1.29, 1.82) is 0 Å². The third-order valence-electron chi connectivity index (χ3n) is 6.75. The number of aromatic nitrogens is 2. The van der Waals surface area contributed by atoms with Crippen LogP contribution in [0.25, 0.3) is 6.08 Å². The molecule has 0 saturated carbocycles. The van der Waals surface area contributed by atoms with Crippen LogP contribution in [0.15, 0.2) is 54.6 Å². The Hall–Kier alpha value is -3.88. The molecule has 2 amide bonds. The van der Waals surface area contributed by atoms with Crippen molar-refractivity contribution < 1.29 is 22.8 Å². The van der Waals surface area contributed by atoms with Crippen LogP contribution in [-0.2, 0) is 22.2 Å². The number of piperidine rings is 1.